The smallest absolute Gasteiger partial charge is 0.00805 e. The Hall–Kier alpha value is -2.08. The Bertz CT molecular complexity index is 746. The molecule has 2 aliphatic rings. The van der Waals surface area contributed by atoms with Crippen LogP contribution in [0.5, 0.6) is 0 Å². The quantitative estimate of drug-likeness (QED) is 0.517. The molecule has 2 atom stereocenters. The van der Waals surface area contributed by atoms with Crippen LogP contribution in [0.2, 0.25) is 0 Å². The van der Waals surface area contributed by atoms with Gasteiger partial charge in [0.25, 0.3) is 0 Å². The molecule has 0 spiro atoms. The fraction of sp³-hybridized carbons (Fsp3) is 0.360. The van der Waals surface area contributed by atoms with Crippen molar-refractivity contribution in [3.8, 4) is 0 Å². The van der Waals surface area contributed by atoms with Crippen LogP contribution >= 0.6 is 0 Å². The summed E-state index contributed by atoms with van der Waals surface area (Å²) in [5, 5.41) is 2.71. The predicted octanol–water partition coefficient (Wildman–Crippen LogP) is 8.33. The number of benzene rings is 2. The van der Waals surface area contributed by atoms with Crippen LogP contribution in [0.15, 0.2) is 43.5 Å². The van der Waals surface area contributed by atoms with Gasteiger partial charge in [-0.1, -0.05) is 103 Å². The van der Waals surface area contributed by atoms with E-state index in [2.05, 4.69) is 49.6 Å². The Balaban J connectivity index is 0.000000475. The highest BCUT2D eigenvalue weighted by Crippen LogP contribution is 2.55. The van der Waals surface area contributed by atoms with Gasteiger partial charge in [0.2, 0.25) is 0 Å². The Kier molecular flexibility index (Phi) is 8.41. The van der Waals surface area contributed by atoms with Gasteiger partial charge in [0.15, 0.2) is 0 Å². The molecule has 0 aliphatic heterocycles. The van der Waals surface area contributed by atoms with Crippen LogP contribution < -0.4 is 0 Å². The van der Waals surface area contributed by atoms with Crippen molar-refractivity contribution in [2.45, 2.75) is 53.9 Å². The van der Waals surface area contributed by atoms with E-state index in [1.165, 1.54) is 39.4 Å². The maximum atomic E-state index is 4.01. The van der Waals surface area contributed by atoms with E-state index in [1.54, 1.807) is 0 Å². The second-order valence-electron chi connectivity index (χ2n) is 5.47. The lowest BCUT2D eigenvalue weighted by atomic mass is 9.84. The second-order valence-corrected chi connectivity index (χ2v) is 5.47. The third-order valence-electron chi connectivity index (χ3n) is 4.51. The zero-order valence-corrected chi connectivity index (χ0v) is 16.9. The number of hydrogen-bond donors (Lipinski definition) is 0. The molecule has 2 unspecified atom stereocenters. The van der Waals surface area contributed by atoms with E-state index < -0.39 is 0 Å². The maximum absolute atomic E-state index is 4.01. The standard InChI is InChI=1S/C19H16.3C2H6/c1-3-13-14(4-2)17-10-9-12-11-18(12)19(17)16-8-6-5-7-15(13)16;3*1-2/h3-10,12,18H,1-2,11H2;3*1-2H3. The van der Waals surface area contributed by atoms with Crippen LogP contribution in [-0.4, -0.2) is 0 Å². The van der Waals surface area contributed by atoms with E-state index in [0.717, 1.165) is 11.8 Å². The summed E-state index contributed by atoms with van der Waals surface area (Å²) >= 11 is 0. The van der Waals surface area contributed by atoms with Crippen molar-refractivity contribution in [3.63, 3.8) is 0 Å². The lowest BCUT2D eigenvalue weighted by Crippen LogP contribution is -2.00. The van der Waals surface area contributed by atoms with Crippen LogP contribution in [0.1, 0.15) is 76.1 Å². The van der Waals surface area contributed by atoms with Crippen molar-refractivity contribution in [1.29, 1.82) is 0 Å². The fourth-order valence-corrected chi connectivity index (χ4v) is 3.53. The van der Waals surface area contributed by atoms with Crippen LogP contribution in [0.3, 0.4) is 0 Å². The van der Waals surface area contributed by atoms with Crippen LogP contribution in [0.4, 0.5) is 0 Å². The van der Waals surface area contributed by atoms with E-state index in [4.69, 9.17) is 0 Å². The second kappa shape index (κ2) is 10.0. The first-order valence-electron chi connectivity index (χ1n) is 9.87. The van der Waals surface area contributed by atoms with Gasteiger partial charge in [-0.05, 0) is 51.3 Å². The molecule has 0 heterocycles. The zero-order chi connectivity index (χ0) is 19.0. The van der Waals surface area contributed by atoms with E-state index in [1.807, 2.05) is 53.7 Å². The molecule has 2 aromatic rings. The van der Waals surface area contributed by atoms with Crippen molar-refractivity contribution in [2.24, 2.45) is 5.92 Å². The highest BCUT2D eigenvalue weighted by Gasteiger charge is 2.41. The SMILES string of the molecule is C=Cc1c2c(c3ccccc3c1C=C)C1CC1C=C2.CC.CC.CC. The summed E-state index contributed by atoms with van der Waals surface area (Å²) in [7, 11) is 0. The molecule has 0 aromatic heterocycles. The molecule has 4 rings (SSSR count). The lowest BCUT2D eigenvalue weighted by molar-refractivity contribution is 1.01. The number of fused-ring (bicyclic) bond motifs is 5. The number of hydrogen-bond acceptors (Lipinski definition) is 0. The minimum atomic E-state index is 0.725. The van der Waals surface area contributed by atoms with Gasteiger partial charge in [-0.2, -0.15) is 0 Å². The maximum Gasteiger partial charge on any atom is -0.00805 e. The molecule has 25 heavy (non-hydrogen) atoms. The van der Waals surface area contributed by atoms with Crippen molar-refractivity contribution in [1.82, 2.24) is 0 Å². The van der Waals surface area contributed by atoms with E-state index >= 15 is 0 Å². The molecular weight excluding hydrogens is 300 g/mol. The highest BCUT2D eigenvalue weighted by atomic mass is 14.4. The van der Waals surface area contributed by atoms with Gasteiger partial charge in [-0.3, -0.25) is 0 Å². The lowest BCUT2D eigenvalue weighted by Gasteiger charge is -2.19. The van der Waals surface area contributed by atoms with Crippen molar-refractivity contribution in [3.05, 3.63) is 65.8 Å². The first-order valence-corrected chi connectivity index (χ1v) is 9.87. The molecule has 1 fully saturated rings. The third kappa shape index (κ3) is 3.79. The van der Waals surface area contributed by atoms with Crippen LogP contribution in [0, 0.1) is 5.92 Å². The molecule has 0 amide bonds. The third-order valence-corrected chi connectivity index (χ3v) is 4.51. The first kappa shape index (κ1) is 21.0. The number of rotatable bonds is 2. The van der Waals surface area contributed by atoms with Gasteiger partial charge < -0.3 is 0 Å². The van der Waals surface area contributed by atoms with E-state index in [9.17, 15) is 0 Å². The Morgan fingerprint density at radius 3 is 1.96 bits per heavy atom. The molecule has 2 aromatic carbocycles. The predicted molar refractivity (Wildman–Crippen MR) is 118 cm³/mol. The van der Waals surface area contributed by atoms with E-state index in [-0.39, 0.29) is 0 Å². The Morgan fingerprint density at radius 1 is 0.840 bits per heavy atom. The van der Waals surface area contributed by atoms with Gasteiger partial charge in [-0.25, -0.2) is 0 Å². The van der Waals surface area contributed by atoms with Gasteiger partial charge in [0.05, 0.1) is 0 Å². The average Bonchev–Trinajstić information content (AvgIpc) is 3.51. The molecule has 0 nitrogen and oxygen atoms in total. The minimum Gasteiger partial charge on any atom is -0.0984 e. The van der Waals surface area contributed by atoms with Crippen molar-refractivity contribution < 1.29 is 0 Å². The summed E-state index contributed by atoms with van der Waals surface area (Å²) < 4.78 is 0. The normalized spacial score (nSPS) is 18.0. The van der Waals surface area contributed by atoms with Crippen LogP contribution in [0.25, 0.3) is 29.0 Å². The molecule has 0 heteroatoms. The summed E-state index contributed by atoms with van der Waals surface area (Å²) in [6, 6.07) is 8.70. The molecule has 0 bridgehead atoms. The molecular formula is C25H34. The fourth-order valence-electron chi connectivity index (χ4n) is 3.53. The largest absolute Gasteiger partial charge is 0.0984 e. The summed E-state index contributed by atoms with van der Waals surface area (Å²) in [5.41, 5.74) is 5.35. The average molecular weight is 335 g/mol. The first-order chi connectivity index (χ1) is 12.3. The van der Waals surface area contributed by atoms with Gasteiger partial charge in [0, 0.05) is 0 Å². The molecule has 0 saturated heterocycles. The molecule has 0 radical (unpaired) electrons. The molecule has 0 N–H and O–H groups in total. The topological polar surface area (TPSA) is 0 Å². The summed E-state index contributed by atoms with van der Waals surface area (Å²) in [6.45, 7) is 20.0. The van der Waals surface area contributed by atoms with Gasteiger partial charge in [0.1, 0.15) is 0 Å². The number of allylic oxidation sites excluding steroid dienone is 1. The summed E-state index contributed by atoms with van der Waals surface area (Å²) in [5.74, 6) is 1.49. The molecule has 1 saturated carbocycles. The van der Waals surface area contributed by atoms with E-state index in [0.29, 0.717) is 0 Å². The summed E-state index contributed by atoms with van der Waals surface area (Å²) in [6.07, 6.45) is 9.90. The highest BCUT2D eigenvalue weighted by molar-refractivity contribution is 6.00. The molecule has 134 valence electrons. The summed E-state index contributed by atoms with van der Waals surface area (Å²) in [4.78, 5) is 0. The van der Waals surface area contributed by atoms with Crippen molar-refractivity contribution in [2.75, 3.05) is 0 Å². The van der Waals surface area contributed by atoms with Crippen molar-refractivity contribution >= 4 is 29.0 Å². The Morgan fingerprint density at radius 2 is 1.40 bits per heavy atom. The van der Waals surface area contributed by atoms with Gasteiger partial charge in [-0.15, -0.1) is 0 Å². The zero-order valence-electron chi connectivity index (χ0n) is 16.9. The van der Waals surface area contributed by atoms with Gasteiger partial charge >= 0.3 is 0 Å². The molecule has 2 aliphatic carbocycles. The minimum absolute atomic E-state index is 0.725. The monoisotopic (exact) mass is 334 g/mol. The van der Waals surface area contributed by atoms with Crippen LogP contribution in [-0.2, 0) is 0 Å². The Labute approximate surface area is 155 Å².